The number of aliphatic hydroxyl groups excluding tert-OH is 1. The Kier molecular flexibility index (Phi) is 3.78. The van der Waals surface area contributed by atoms with Crippen molar-refractivity contribution in [1.82, 2.24) is 15.1 Å². The fourth-order valence-corrected chi connectivity index (χ4v) is 2.36. The molecule has 2 aromatic heterocycles. The number of aryl methyl sites for hydroxylation is 2. The largest absolute Gasteiger partial charge is 0.378 e. The van der Waals surface area contributed by atoms with Gasteiger partial charge >= 0.3 is 0 Å². The third kappa shape index (κ3) is 2.77. The molecule has 5 nitrogen and oxygen atoms in total. The van der Waals surface area contributed by atoms with Crippen LogP contribution in [0.15, 0.2) is 23.7 Å². The lowest BCUT2D eigenvalue weighted by atomic mass is 10.1. The van der Waals surface area contributed by atoms with Gasteiger partial charge in [0.1, 0.15) is 0 Å². The topological polar surface area (TPSA) is 67.1 Å². The molecule has 1 amide bonds. The fraction of sp³-hybridized carbons (Fsp3) is 0.333. The summed E-state index contributed by atoms with van der Waals surface area (Å²) >= 11 is 1.57. The van der Waals surface area contributed by atoms with Gasteiger partial charge in [0.15, 0.2) is 6.10 Å². The maximum Gasteiger partial charge on any atom is 0.253 e. The second-order valence-corrected chi connectivity index (χ2v) is 5.08. The van der Waals surface area contributed by atoms with Gasteiger partial charge in [-0.3, -0.25) is 9.48 Å². The third-order valence-electron chi connectivity index (χ3n) is 2.61. The Balaban J connectivity index is 1.98. The van der Waals surface area contributed by atoms with E-state index in [0.29, 0.717) is 17.8 Å². The summed E-state index contributed by atoms with van der Waals surface area (Å²) in [5.41, 5.74) is 1.21. The maximum atomic E-state index is 11.8. The lowest BCUT2D eigenvalue weighted by Crippen LogP contribution is -2.28. The Hall–Kier alpha value is -1.66. The molecule has 2 N–H and O–H groups in total. The van der Waals surface area contributed by atoms with Gasteiger partial charge in [0.2, 0.25) is 0 Å². The summed E-state index contributed by atoms with van der Waals surface area (Å²) in [5.74, 6) is -0.403. The Morgan fingerprint density at radius 1 is 1.67 bits per heavy atom. The molecule has 0 aliphatic heterocycles. The molecule has 1 unspecified atom stereocenters. The van der Waals surface area contributed by atoms with Crippen LogP contribution in [0.1, 0.15) is 22.2 Å². The predicted molar refractivity (Wildman–Crippen MR) is 69.1 cm³/mol. The first kappa shape index (κ1) is 12.8. The Morgan fingerprint density at radius 2 is 2.44 bits per heavy atom. The second kappa shape index (κ2) is 5.32. The highest BCUT2D eigenvalue weighted by molar-refractivity contribution is 7.09. The molecule has 0 aromatic carbocycles. The molecule has 96 valence electrons. The van der Waals surface area contributed by atoms with Crippen LogP contribution in [0.2, 0.25) is 0 Å². The van der Waals surface area contributed by atoms with Crippen molar-refractivity contribution in [3.63, 3.8) is 0 Å². The Morgan fingerprint density at radius 3 is 3.00 bits per heavy atom. The van der Waals surface area contributed by atoms with Crippen LogP contribution in [0.3, 0.4) is 0 Å². The van der Waals surface area contributed by atoms with Crippen molar-refractivity contribution in [2.75, 3.05) is 0 Å². The zero-order valence-corrected chi connectivity index (χ0v) is 11.1. The number of thiophene rings is 1. The van der Waals surface area contributed by atoms with Gasteiger partial charge in [0.25, 0.3) is 5.91 Å². The normalized spacial score (nSPS) is 12.4. The molecule has 0 radical (unpaired) electrons. The van der Waals surface area contributed by atoms with Crippen molar-refractivity contribution in [2.24, 2.45) is 7.05 Å². The van der Waals surface area contributed by atoms with Crippen molar-refractivity contribution >= 4 is 17.2 Å². The van der Waals surface area contributed by atoms with Crippen LogP contribution in [0.25, 0.3) is 0 Å². The van der Waals surface area contributed by atoms with Crippen LogP contribution in [-0.4, -0.2) is 20.8 Å². The summed E-state index contributed by atoms with van der Waals surface area (Å²) < 4.78 is 1.58. The van der Waals surface area contributed by atoms with Gasteiger partial charge in [-0.05, 0) is 18.4 Å². The van der Waals surface area contributed by atoms with Gasteiger partial charge < -0.3 is 10.4 Å². The molecule has 2 aromatic rings. The average molecular weight is 265 g/mol. The first-order valence-corrected chi connectivity index (χ1v) is 6.44. The highest BCUT2D eigenvalue weighted by atomic mass is 32.1. The van der Waals surface area contributed by atoms with E-state index in [-0.39, 0.29) is 0 Å². The number of aromatic nitrogens is 2. The van der Waals surface area contributed by atoms with Gasteiger partial charge in [0.05, 0.1) is 12.2 Å². The van der Waals surface area contributed by atoms with E-state index in [4.69, 9.17) is 0 Å². The minimum atomic E-state index is -1.17. The fourth-order valence-electron chi connectivity index (χ4n) is 1.71. The number of amides is 1. The standard InChI is InChI=1S/C12H15N3O2S/c1-8-10(7-15(2)14-8)11(16)12(17)13-6-9-4-3-5-18-9/h3-5,7,11,16H,6H2,1-2H3,(H,13,17). The molecule has 0 bridgehead atoms. The molecule has 0 saturated heterocycles. The van der Waals surface area contributed by atoms with Crippen LogP contribution in [0.5, 0.6) is 0 Å². The average Bonchev–Trinajstić information content (AvgIpc) is 2.94. The van der Waals surface area contributed by atoms with Crippen LogP contribution < -0.4 is 5.32 Å². The summed E-state index contributed by atoms with van der Waals surface area (Å²) in [6.45, 7) is 2.21. The highest BCUT2D eigenvalue weighted by Crippen LogP contribution is 2.16. The van der Waals surface area contributed by atoms with Gasteiger partial charge in [0, 0.05) is 23.7 Å². The van der Waals surface area contributed by atoms with E-state index in [1.54, 1.807) is 36.2 Å². The van der Waals surface area contributed by atoms with Crippen LogP contribution in [-0.2, 0) is 18.4 Å². The van der Waals surface area contributed by atoms with Crippen molar-refractivity contribution in [3.8, 4) is 0 Å². The Labute approximate surface area is 109 Å². The Bertz CT molecular complexity index is 534. The summed E-state index contributed by atoms with van der Waals surface area (Å²) in [6.07, 6.45) is 0.490. The van der Waals surface area contributed by atoms with Gasteiger partial charge in [-0.1, -0.05) is 6.07 Å². The minimum Gasteiger partial charge on any atom is -0.378 e. The van der Waals surface area contributed by atoms with E-state index >= 15 is 0 Å². The van der Waals surface area contributed by atoms with Gasteiger partial charge in [-0.15, -0.1) is 11.3 Å². The molecular weight excluding hydrogens is 250 g/mol. The lowest BCUT2D eigenvalue weighted by Gasteiger charge is -2.09. The SMILES string of the molecule is Cc1nn(C)cc1C(O)C(=O)NCc1cccs1. The van der Waals surface area contributed by atoms with E-state index in [0.717, 1.165) is 4.88 Å². The second-order valence-electron chi connectivity index (χ2n) is 4.04. The molecule has 1 atom stereocenters. The summed E-state index contributed by atoms with van der Waals surface area (Å²) in [6, 6.07) is 3.86. The number of carbonyl (C=O) groups excluding carboxylic acids is 1. The molecule has 0 aliphatic rings. The molecule has 2 rings (SSSR count). The molecule has 0 aliphatic carbocycles. The van der Waals surface area contributed by atoms with Crippen LogP contribution in [0.4, 0.5) is 0 Å². The van der Waals surface area contributed by atoms with Gasteiger partial charge in [-0.25, -0.2) is 0 Å². The zero-order chi connectivity index (χ0) is 13.1. The number of hydrogen-bond acceptors (Lipinski definition) is 4. The number of nitrogens with zero attached hydrogens (tertiary/aromatic N) is 2. The van der Waals surface area contributed by atoms with E-state index in [2.05, 4.69) is 10.4 Å². The van der Waals surface area contributed by atoms with Crippen molar-refractivity contribution < 1.29 is 9.90 Å². The van der Waals surface area contributed by atoms with Crippen LogP contribution >= 0.6 is 11.3 Å². The molecule has 0 fully saturated rings. The van der Waals surface area contributed by atoms with E-state index in [1.807, 2.05) is 17.5 Å². The van der Waals surface area contributed by atoms with Crippen molar-refractivity contribution in [3.05, 3.63) is 39.8 Å². The number of rotatable bonds is 4. The van der Waals surface area contributed by atoms with E-state index in [1.165, 1.54) is 0 Å². The number of aliphatic hydroxyl groups is 1. The molecule has 6 heteroatoms. The zero-order valence-electron chi connectivity index (χ0n) is 10.3. The minimum absolute atomic E-state index is 0.403. The van der Waals surface area contributed by atoms with Crippen molar-refractivity contribution in [2.45, 2.75) is 19.6 Å². The highest BCUT2D eigenvalue weighted by Gasteiger charge is 2.21. The molecule has 2 heterocycles. The number of carbonyl (C=O) groups is 1. The van der Waals surface area contributed by atoms with Crippen molar-refractivity contribution in [1.29, 1.82) is 0 Å². The van der Waals surface area contributed by atoms with Crippen LogP contribution in [0, 0.1) is 6.92 Å². The summed E-state index contributed by atoms with van der Waals surface area (Å²) in [7, 11) is 1.76. The maximum absolute atomic E-state index is 11.8. The summed E-state index contributed by atoms with van der Waals surface area (Å²) in [4.78, 5) is 12.9. The number of nitrogens with one attached hydrogen (secondary N) is 1. The number of hydrogen-bond donors (Lipinski definition) is 2. The predicted octanol–water partition coefficient (Wildman–Crippen LogP) is 1.14. The molecule has 18 heavy (non-hydrogen) atoms. The molecule has 0 saturated carbocycles. The first-order valence-electron chi connectivity index (χ1n) is 5.56. The third-order valence-corrected chi connectivity index (χ3v) is 3.49. The van der Waals surface area contributed by atoms with E-state index in [9.17, 15) is 9.90 Å². The smallest absolute Gasteiger partial charge is 0.253 e. The molecule has 0 spiro atoms. The summed E-state index contributed by atoms with van der Waals surface area (Å²) in [5, 5.41) is 18.7. The monoisotopic (exact) mass is 265 g/mol. The lowest BCUT2D eigenvalue weighted by molar-refractivity contribution is -0.129. The quantitative estimate of drug-likeness (QED) is 0.871. The van der Waals surface area contributed by atoms with Gasteiger partial charge in [-0.2, -0.15) is 5.10 Å². The molecular formula is C12H15N3O2S. The van der Waals surface area contributed by atoms with E-state index < -0.39 is 12.0 Å². The first-order chi connectivity index (χ1) is 8.58.